The van der Waals surface area contributed by atoms with Crippen molar-refractivity contribution in [2.45, 2.75) is 43.3 Å². The Morgan fingerprint density at radius 1 is 1.14 bits per heavy atom. The van der Waals surface area contributed by atoms with Crippen LogP contribution >= 0.6 is 0 Å². The fourth-order valence-corrected chi connectivity index (χ4v) is 3.56. The lowest BCUT2D eigenvalue weighted by molar-refractivity contribution is -0.0886. The zero-order valence-electron chi connectivity index (χ0n) is 8.28. The molecule has 4 saturated heterocycles. The molecule has 4 heterocycles. The molecule has 4 fully saturated rings. The Balaban J connectivity index is 1.54. The predicted octanol–water partition coefficient (Wildman–Crippen LogP) is -0.881. The van der Waals surface area contributed by atoms with Gasteiger partial charge in [0.25, 0.3) is 0 Å². The van der Waals surface area contributed by atoms with Crippen LogP contribution in [0.15, 0.2) is 0 Å². The lowest BCUT2D eigenvalue weighted by Gasteiger charge is -2.37. The van der Waals surface area contributed by atoms with Crippen LogP contribution < -0.4 is 10.6 Å². The maximum Gasteiger partial charge on any atom is 0.126 e. The Hall–Kier alpha value is -0.160. The first-order valence-electron chi connectivity index (χ1n) is 5.78. The molecule has 0 amide bonds. The van der Waals surface area contributed by atoms with Crippen molar-refractivity contribution in [2.24, 2.45) is 0 Å². The standard InChI is InChI=1S/C10H17N3O/c1-6-5-13(7(1)3-11-6)10-9-2-8(14-10)4-12-9/h6-12H,1-5H2. The molecule has 0 aliphatic carbocycles. The largest absolute Gasteiger partial charge is 0.357 e. The topological polar surface area (TPSA) is 36.5 Å². The van der Waals surface area contributed by atoms with Crippen molar-refractivity contribution < 1.29 is 4.74 Å². The summed E-state index contributed by atoms with van der Waals surface area (Å²) < 4.78 is 6.03. The molecule has 0 aromatic rings. The quantitative estimate of drug-likeness (QED) is 0.570. The second kappa shape index (κ2) is 2.70. The molecule has 0 spiro atoms. The van der Waals surface area contributed by atoms with Crippen molar-refractivity contribution in [3.05, 3.63) is 0 Å². The number of nitrogens with one attached hydrogen (secondary N) is 2. The third-order valence-corrected chi connectivity index (χ3v) is 4.23. The van der Waals surface area contributed by atoms with Crippen molar-refractivity contribution >= 4 is 0 Å². The van der Waals surface area contributed by atoms with Crippen LogP contribution in [0.4, 0.5) is 0 Å². The summed E-state index contributed by atoms with van der Waals surface area (Å²) in [5.41, 5.74) is 0. The zero-order chi connectivity index (χ0) is 9.12. The van der Waals surface area contributed by atoms with Crippen molar-refractivity contribution in [3.63, 3.8) is 0 Å². The highest BCUT2D eigenvalue weighted by Gasteiger charge is 2.49. The number of hydrogen-bond donors (Lipinski definition) is 2. The van der Waals surface area contributed by atoms with Gasteiger partial charge in [-0.2, -0.15) is 0 Å². The molecular formula is C10H17N3O. The van der Waals surface area contributed by atoms with E-state index in [4.69, 9.17) is 4.74 Å². The van der Waals surface area contributed by atoms with Crippen molar-refractivity contribution in [1.29, 1.82) is 0 Å². The molecule has 4 bridgehead atoms. The van der Waals surface area contributed by atoms with E-state index in [2.05, 4.69) is 15.5 Å². The first-order chi connectivity index (χ1) is 6.90. The first-order valence-corrected chi connectivity index (χ1v) is 5.78. The number of ether oxygens (including phenoxy) is 1. The molecule has 14 heavy (non-hydrogen) atoms. The van der Waals surface area contributed by atoms with Gasteiger partial charge in [-0.05, 0) is 12.8 Å². The smallest absolute Gasteiger partial charge is 0.126 e. The number of fused-ring (bicyclic) bond motifs is 4. The summed E-state index contributed by atoms with van der Waals surface area (Å²) in [6.45, 7) is 3.43. The van der Waals surface area contributed by atoms with Gasteiger partial charge in [0, 0.05) is 37.8 Å². The fraction of sp³-hybridized carbons (Fsp3) is 1.00. The highest BCUT2D eigenvalue weighted by molar-refractivity contribution is 5.04. The molecule has 4 rings (SSSR count). The summed E-state index contributed by atoms with van der Waals surface area (Å²) in [5, 5.41) is 7.09. The van der Waals surface area contributed by atoms with Crippen LogP contribution in [0, 0.1) is 0 Å². The van der Waals surface area contributed by atoms with Gasteiger partial charge in [-0.15, -0.1) is 0 Å². The van der Waals surface area contributed by atoms with E-state index in [1.807, 2.05) is 0 Å². The van der Waals surface area contributed by atoms with Crippen molar-refractivity contribution in [1.82, 2.24) is 15.5 Å². The van der Waals surface area contributed by atoms with E-state index in [9.17, 15) is 0 Å². The second-order valence-electron chi connectivity index (χ2n) is 5.09. The van der Waals surface area contributed by atoms with E-state index < -0.39 is 0 Å². The highest BCUT2D eigenvalue weighted by Crippen LogP contribution is 2.34. The molecule has 0 saturated carbocycles. The van der Waals surface area contributed by atoms with E-state index in [0.717, 1.165) is 18.6 Å². The Kier molecular flexibility index (Phi) is 1.55. The van der Waals surface area contributed by atoms with Crippen LogP contribution in [0.5, 0.6) is 0 Å². The number of hydrogen-bond acceptors (Lipinski definition) is 4. The molecule has 78 valence electrons. The van der Waals surface area contributed by atoms with Crippen LogP contribution in [-0.2, 0) is 4.74 Å². The van der Waals surface area contributed by atoms with Gasteiger partial charge in [-0.1, -0.05) is 0 Å². The van der Waals surface area contributed by atoms with Gasteiger partial charge in [-0.25, -0.2) is 0 Å². The Labute approximate surface area is 84.0 Å². The highest BCUT2D eigenvalue weighted by atomic mass is 16.5. The minimum Gasteiger partial charge on any atom is -0.357 e. The Bertz CT molecular complexity index is 234. The van der Waals surface area contributed by atoms with Crippen LogP contribution in [0.3, 0.4) is 0 Å². The third kappa shape index (κ3) is 0.972. The molecule has 2 N–H and O–H groups in total. The average Bonchev–Trinajstić information content (AvgIpc) is 2.96. The van der Waals surface area contributed by atoms with Crippen LogP contribution in [0.2, 0.25) is 0 Å². The van der Waals surface area contributed by atoms with Gasteiger partial charge in [0.1, 0.15) is 6.23 Å². The molecule has 4 aliphatic rings. The number of likely N-dealkylation sites (tertiary alicyclic amines) is 1. The van der Waals surface area contributed by atoms with Gasteiger partial charge >= 0.3 is 0 Å². The van der Waals surface area contributed by atoms with E-state index in [-0.39, 0.29) is 0 Å². The number of morpholine rings is 1. The number of piperazine rings is 1. The average molecular weight is 195 g/mol. The summed E-state index contributed by atoms with van der Waals surface area (Å²) in [4.78, 5) is 2.58. The summed E-state index contributed by atoms with van der Waals surface area (Å²) in [6, 6.07) is 2.09. The molecule has 5 unspecified atom stereocenters. The summed E-state index contributed by atoms with van der Waals surface area (Å²) in [7, 11) is 0. The first kappa shape index (κ1) is 8.05. The van der Waals surface area contributed by atoms with Gasteiger partial charge < -0.3 is 15.4 Å². The summed E-state index contributed by atoms with van der Waals surface area (Å²) >= 11 is 0. The van der Waals surface area contributed by atoms with Crippen LogP contribution in [0.1, 0.15) is 12.8 Å². The van der Waals surface area contributed by atoms with E-state index in [1.165, 1.54) is 25.9 Å². The molecule has 4 aliphatic heterocycles. The maximum absolute atomic E-state index is 6.03. The summed E-state index contributed by atoms with van der Waals surface area (Å²) in [5.74, 6) is 0. The van der Waals surface area contributed by atoms with E-state index in [0.29, 0.717) is 18.4 Å². The summed E-state index contributed by atoms with van der Waals surface area (Å²) in [6.07, 6.45) is 3.44. The van der Waals surface area contributed by atoms with Crippen molar-refractivity contribution in [2.75, 3.05) is 19.6 Å². The molecule has 4 nitrogen and oxygen atoms in total. The molecule has 0 radical (unpaired) electrons. The SMILES string of the molecule is C1NC2CC1OC2N1CC2CC1CN2. The molecular weight excluding hydrogens is 178 g/mol. The Morgan fingerprint density at radius 3 is 2.71 bits per heavy atom. The van der Waals surface area contributed by atoms with E-state index >= 15 is 0 Å². The van der Waals surface area contributed by atoms with Crippen LogP contribution in [0.25, 0.3) is 0 Å². The second-order valence-corrected chi connectivity index (χ2v) is 5.09. The molecule has 0 aromatic heterocycles. The third-order valence-electron chi connectivity index (χ3n) is 4.23. The normalized spacial score (nSPS) is 56.1. The lowest BCUT2D eigenvalue weighted by atomic mass is 10.2. The van der Waals surface area contributed by atoms with Gasteiger partial charge in [0.2, 0.25) is 0 Å². The Morgan fingerprint density at radius 2 is 2.14 bits per heavy atom. The molecule has 4 heteroatoms. The van der Waals surface area contributed by atoms with Gasteiger partial charge in [-0.3, -0.25) is 4.90 Å². The number of nitrogens with zero attached hydrogens (tertiary/aromatic N) is 1. The molecule has 5 atom stereocenters. The van der Waals surface area contributed by atoms with Crippen LogP contribution in [-0.4, -0.2) is 55.0 Å². The number of rotatable bonds is 1. The minimum absolute atomic E-state index is 0.380. The fourth-order valence-electron chi connectivity index (χ4n) is 3.56. The van der Waals surface area contributed by atoms with Crippen molar-refractivity contribution in [3.8, 4) is 0 Å². The monoisotopic (exact) mass is 195 g/mol. The molecule has 0 aromatic carbocycles. The zero-order valence-corrected chi connectivity index (χ0v) is 8.28. The van der Waals surface area contributed by atoms with Gasteiger partial charge in [0.05, 0.1) is 6.10 Å². The van der Waals surface area contributed by atoms with Gasteiger partial charge in [0.15, 0.2) is 0 Å². The van der Waals surface area contributed by atoms with E-state index in [1.54, 1.807) is 0 Å². The predicted molar refractivity (Wildman–Crippen MR) is 52.0 cm³/mol. The lowest BCUT2D eigenvalue weighted by Crippen LogP contribution is -2.56. The minimum atomic E-state index is 0.380. The maximum atomic E-state index is 6.03.